The number of carboxylic acid groups (broad SMARTS) is 1. The molecule has 1 saturated heterocycles. The van der Waals surface area contributed by atoms with Gasteiger partial charge in [0.05, 0.1) is 0 Å². The summed E-state index contributed by atoms with van der Waals surface area (Å²) in [7, 11) is 1.28. The Hall–Kier alpha value is -4.20. The second-order valence-corrected chi connectivity index (χ2v) is 11.7. The molecule has 14 heteroatoms. The molecule has 4 N–H and O–H groups in total. The molecule has 3 aliphatic rings. The largest absolute Gasteiger partial charge is 0.477 e. The number of thiazole rings is 1. The normalized spacial score (nSPS) is 18.5. The van der Waals surface area contributed by atoms with Crippen molar-refractivity contribution in [3.8, 4) is 11.1 Å². The molecule has 3 aromatic rings. The number of fused-ring (bicyclic) bond motifs is 4. The van der Waals surface area contributed by atoms with Crippen LogP contribution in [0.25, 0.3) is 11.1 Å². The van der Waals surface area contributed by atoms with E-state index in [2.05, 4.69) is 26.4 Å². The van der Waals surface area contributed by atoms with Gasteiger partial charge in [0.25, 0.3) is 11.8 Å². The highest BCUT2D eigenvalue weighted by molar-refractivity contribution is 8.00. The maximum absolute atomic E-state index is 12.5. The number of nitrogens with one attached hydrogen (secondary N) is 1. The molecule has 42 heavy (non-hydrogen) atoms. The number of ketones is 1. The molecule has 2 aliphatic heterocycles. The number of aromatic nitrogens is 1. The van der Waals surface area contributed by atoms with Gasteiger partial charge in [-0.3, -0.25) is 19.3 Å². The first-order chi connectivity index (χ1) is 20.1. The van der Waals surface area contributed by atoms with Crippen LogP contribution >= 0.6 is 34.7 Å². The van der Waals surface area contributed by atoms with Crippen molar-refractivity contribution in [3.05, 3.63) is 81.5 Å². The first-order valence-corrected chi connectivity index (χ1v) is 15.0. The van der Waals surface area contributed by atoms with Crippen LogP contribution in [0.1, 0.15) is 32.7 Å². The summed E-state index contributed by atoms with van der Waals surface area (Å²) >= 11 is 8.30. The van der Waals surface area contributed by atoms with Crippen molar-refractivity contribution in [1.29, 1.82) is 0 Å². The first-order valence-electron chi connectivity index (χ1n) is 12.5. The van der Waals surface area contributed by atoms with Gasteiger partial charge in [0.2, 0.25) is 0 Å². The number of nitrogen functional groups attached to an aromatic ring is 1. The van der Waals surface area contributed by atoms with Crippen LogP contribution in [-0.4, -0.2) is 68.5 Å². The lowest BCUT2D eigenvalue weighted by molar-refractivity contribution is -0.150. The predicted octanol–water partition coefficient (Wildman–Crippen LogP) is 3.39. The van der Waals surface area contributed by atoms with Gasteiger partial charge in [-0.15, -0.1) is 34.7 Å². The highest BCUT2D eigenvalue weighted by Crippen LogP contribution is 2.38. The third kappa shape index (κ3) is 5.38. The van der Waals surface area contributed by atoms with Crippen LogP contribution in [-0.2, 0) is 25.1 Å². The molecule has 2 aromatic carbocycles. The zero-order valence-electron chi connectivity index (χ0n) is 22.3. The quantitative estimate of drug-likeness (QED) is 0.126. The van der Waals surface area contributed by atoms with Gasteiger partial charge in [0, 0.05) is 28.1 Å². The molecule has 3 heterocycles. The topological polar surface area (TPSA) is 164 Å². The van der Waals surface area contributed by atoms with E-state index in [1.165, 1.54) is 30.5 Å². The Bertz CT molecular complexity index is 1690. The van der Waals surface area contributed by atoms with E-state index in [4.69, 9.17) is 22.4 Å². The summed E-state index contributed by atoms with van der Waals surface area (Å²) in [5.74, 6) is -1.34. The second-order valence-electron chi connectivity index (χ2n) is 9.36. The number of benzene rings is 2. The predicted molar refractivity (Wildman–Crippen MR) is 160 cm³/mol. The minimum atomic E-state index is -1.18. The standard InChI is InChI=1S/C15H11ClO.C13H13N5O5S2/c1-9-2-4-12-13(6-9)11-5-3-10(8-16)7-14(11)15(12)17;1-23-17-7(5-4-25-13(14)15-5)9(19)16-8-10(20)18-6(12(21)22)2-3-24-11(8)18/h2-7H,8H2,1H3;2,4,8,11H,3H2,1H3,(H2,14,15)(H,16,19)(H,21,22)/b;17-7-/t;8-,11-/m.1/s1. The lowest BCUT2D eigenvalue weighted by atomic mass is 10.0. The van der Waals surface area contributed by atoms with Crippen molar-refractivity contribution in [2.75, 3.05) is 18.6 Å². The number of anilines is 1. The number of thioether (sulfide) groups is 1. The number of nitrogens with two attached hydrogens (primary N) is 1. The molecule has 216 valence electrons. The molecule has 1 fully saturated rings. The van der Waals surface area contributed by atoms with Crippen LogP contribution in [0.2, 0.25) is 0 Å². The van der Waals surface area contributed by atoms with E-state index in [9.17, 15) is 19.2 Å². The van der Waals surface area contributed by atoms with Crippen molar-refractivity contribution >= 4 is 69.1 Å². The van der Waals surface area contributed by atoms with Crippen LogP contribution in [0.15, 0.2) is 58.7 Å². The molecular weight excluding hydrogens is 602 g/mol. The Morgan fingerprint density at radius 3 is 2.62 bits per heavy atom. The van der Waals surface area contributed by atoms with Crippen LogP contribution < -0.4 is 11.1 Å². The molecule has 0 bridgehead atoms. The summed E-state index contributed by atoms with van der Waals surface area (Å²) in [6, 6.07) is 11.0. The molecule has 0 unspecified atom stereocenters. The zero-order chi connectivity index (χ0) is 30.1. The third-order valence-electron chi connectivity index (χ3n) is 6.71. The highest BCUT2D eigenvalue weighted by Gasteiger charge is 2.53. The van der Waals surface area contributed by atoms with E-state index in [-0.39, 0.29) is 28.0 Å². The van der Waals surface area contributed by atoms with Crippen molar-refractivity contribution < 1.29 is 29.1 Å². The Morgan fingerprint density at radius 1 is 1.19 bits per heavy atom. The fourth-order valence-electron chi connectivity index (χ4n) is 4.76. The number of carbonyl (C=O) groups is 4. The molecule has 0 radical (unpaired) electrons. The summed E-state index contributed by atoms with van der Waals surface area (Å²) in [6.07, 6.45) is 1.47. The zero-order valence-corrected chi connectivity index (χ0v) is 24.7. The first kappa shape index (κ1) is 29.3. The smallest absolute Gasteiger partial charge is 0.352 e. The second kappa shape index (κ2) is 12.0. The average Bonchev–Trinajstić information content (AvgIpc) is 3.54. The number of halogens is 1. The summed E-state index contributed by atoms with van der Waals surface area (Å²) in [6.45, 7) is 2.04. The van der Waals surface area contributed by atoms with Crippen LogP contribution in [0.3, 0.4) is 0 Å². The summed E-state index contributed by atoms with van der Waals surface area (Å²) < 4.78 is 0. The van der Waals surface area contributed by atoms with Crippen molar-refractivity contribution in [1.82, 2.24) is 15.2 Å². The maximum atomic E-state index is 12.5. The number of aliphatic carboxylic acids is 1. The molecule has 1 aliphatic carbocycles. The number of nitrogens with zero attached hydrogens (tertiary/aromatic N) is 3. The van der Waals surface area contributed by atoms with Gasteiger partial charge in [-0.05, 0) is 35.8 Å². The Morgan fingerprint density at radius 2 is 1.95 bits per heavy atom. The van der Waals surface area contributed by atoms with Gasteiger partial charge in [-0.2, -0.15) is 0 Å². The number of carbonyl (C=O) groups excluding carboxylic acids is 3. The van der Waals surface area contributed by atoms with Gasteiger partial charge in [0.15, 0.2) is 16.6 Å². The molecule has 2 amide bonds. The monoisotopic (exact) mass is 625 g/mol. The van der Waals surface area contributed by atoms with Gasteiger partial charge in [-0.1, -0.05) is 41.1 Å². The van der Waals surface area contributed by atoms with Gasteiger partial charge >= 0.3 is 5.97 Å². The molecule has 0 saturated carbocycles. The summed E-state index contributed by atoms with van der Waals surface area (Å²) in [4.78, 5) is 57.9. The van der Waals surface area contributed by atoms with E-state index >= 15 is 0 Å². The minimum absolute atomic E-state index is 0.0719. The fraction of sp³-hybridized carbons (Fsp3) is 0.214. The highest BCUT2D eigenvalue weighted by atomic mass is 35.5. The Labute approximate surface area is 253 Å². The number of amides is 2. The number of aryl methyl sites for hydroxylation is 1. The van der Waals surface area contributed by atoms with Gasteiger partial charge < -0.3 is 21.0 Å². The number of hydrogen-bond donors (Lipinski definition) is 3. The number of carboxylic acids is 1. The summed E-state index contributed by atoms with van der Waals surface area (Å²) in [5, 5.41) is 16.7. The maximum Gasteiger partial charge on any atom is 0.352 e. The van der Waals surface area contributed by atoms with E-state index in [1.54, 1.807) is 5.38 Å². The lowest BCUT2D eigenvalue weighted by Crippen LogP contribution is -2.70. The number of hydrogen-bond acceptors (Lipinski definition) is 10. The van der Waals surface area contributed by atoms with Crippen molar-refractivity contribution in [2.45, 2.75) is 24.2 Å². The van der Waals surface area contributed by atoms with Gasteiger partial charge in [0.1, 0.15) is 29.9 Å². The van der Waals surface area contributed by atoms with Crippen LogP contribution in [0.5, 0.6) is 0 Å². The molecular formula is C28H24ClN5O6S2. The minimum Gasteiger partial charge on any atom is -0.477 e. The summed E-state index contributed by atoms with van der Waals surface area (Å²) in [5.41, 5.74) is 11.4. The number of β-lactam (4-membered cyclic amide) rings is 1. The van der Waals surface area contributed by atoms with E-state index < -0.39 is 29.2 Å². The van der Waals surface area contributed by atoms with E-state index in [0.29, 0.717) is 11.6 Å². The average molecular weight is 626 g/mol. The van der Waals surface area contributed by atoms with Gasteiger partial charge in [-0.25, -0.2) is 9.78 Å². The number of rotatable bonds is 6. The molecule has 11 nitrogen and oxygen atoms in total. The lowest BCUT2D eigenvalue weighted by Gasteiger charge is -2.48. The fourth-order valence-corrected chi connectivity index (χ4v) is 6.67. The number of alkyl halides is 1. The van der Waals surface area contributed by atoms with Crippen molar-refractivity contribution in [2.24, 2.45) is 5.16 Å². The van der Waals surface area contributed by atoms with Crippen LogP contribution in [0, 0.1) is 6.92 Å². The Kier molecular flexibility index (Phi) is 8.34. The Balaban J connectivity index is 0.000000180. The van der Waals surface area contributed by atoms with Crippen molar-refractivity contribution in [3.63, 3.8) is 0 Å². The molecule has 1 aromatic heterocycles. The third-order valence-corrected chi connectivity index (χ3v) is 8.87. The SMILES string of the molecule is CO/N=C(\C(=O)N[C@@H]1C(=O)N2C(C(=O)O)=CCS[C@H]12)c1csc(N)n1.Cc1ccc2c(c1)-c1ccc(CCl)cc1C2=O. The molecule has 6 rings (SSSR count). The molecule has 2 atom stereocenters. The van der Waals surface area contributed by atoms with E-state index in [1.807, 2.05) is 37.3 Å². The van der Waals surface area contributed by atoms with Crippen LogP contribution in [0.4, 0.5) is 5.13 Å². The number of oxime groups is 1. The van der Waals surface area contributed by atoms with E-state index in [0.717, 1.165) is 44.1 Å². The molecule has 0 spiro atoms.